The number of halogens is 1. The average Bonchev–Trinajstić information content (AvgIpc) is 2.88. The number of fused-ring (bicyclic) bond motifs is 1. The zero-order valence-electron chi connectivity index (χ0n) is 14.6. The summed E-state index contributed by atoms with van der Waals surface area (Å²) in [5.74, 6) is 2.50. The number of amides is 1. The summed E-state index contributed by atoms with van der Waals surface area (Å²) in [5, 5.41) is 0. The molecule has 134 valence electrons. The Morgan fingerprint density at radius 1 is 1.20 bits per heavy atom. The summed E-state index contributed by atoms with van der Waals surface area (Å²) in [6, 6.07) is 6.10. The van der Waals surface area contributed by atoms with E-state index in [1.54, 1.807) is 0 Å². The van der Waals surface area contributed by atoms with Gasteiger partial charge in [0.05, 0.1) is 11.1 Å². The van der Waals surface area contributed by atoms with Gasteiger partial charge in [-0.25, -0.2) is 0 Å². The first-order valence-electron chi connectivity index (χ1n) is 9.31. The molecule has 4 nitrogen and oxygen atoms in total. The molecule has 0 aromatic carbocycles. The van der Waals surface area contributed by atoms with Crippen LogP contribution in [0.2, 0.25) is 0 Å². The first-order valence-corrected chi connectivity index (χ1v) is 9.31. The standard InChI is InChI=1S/C20H25N3O.ClH/c1-2-15-18(19(20(21)24)16-5-3-4-6-23(15)16)17-13-7-12-8-14(17)11-22(9-12)10-13;/h3-6,12-14,17H,2,7-11H2,1H3,(H2,21,24);1H/t12-,13-,14+,17-;. The van der Waals surface area contributed by atoms with Crippen LogP contribution < -0.4 is 5.73 Å². The monoisotopic (exact) mass is 359 g/mol. The molecule has 5 atom stereocenters. The van der Waals surface area contributed by atoms with E-state index in [0.29, 0.717) is 17.8 Å². The summed E-state index contributed by atoms with van der Waals surface area (Å²) in [4.78, 5) is 15.0. The van der Waals surface area contributed by atoms with Gasteiger partial charge < -0.3 is 15.0 Å². The third-order valence-electron chi connectivity index (χ3n) is 6.69. The molecule has 4 bridgehead atoms. The fourth-order valence-corrected chi connectivity index (χ4v) is 6.15. The van der Waals surface area contributed by atoms with Gasteiger partial charge in [-0.2, -0.15) is 0 Å². The second kappa shape index (κ2) is 6.03. The molecule has 3 saturated heterocycles. The number of hydrogen-bond donors (Lipinski definition) is 1. The molecule has 4 aliphatic rings. The smallest absolute Gasteiger partial charge is 0.251 e. The predicted octanol–water partition coefficient (Wildman–Crippen LogP) is 3.08. The van der Waals surface area contributed by atoms with Gasteiger partial charge in [0.2, 0.25) is 0 Å². The number of piperidine rings is 3. The summed E-state index contributed by atoms with van der Waals surface area (Å²) in [5.41, 5.74) is 10.2. The number of pyridine rings is 1. The van der Waals surface area contributed by atoms with E-state index in [0.717, 1.165) is 23.4 Å². The van der Waals surface area contributed by atoms with Crippen LogP contribution in [0.25, 0.3) is 5.52 Å². The SMILES string of the molecule is CCc1c([C@@H]2[C@@H]3C[C@@H]4C[C@H]2CN(C4)C3)c(C(N)=O)c2ccccn12.Cl. The van der Waals surface area contributed by atoms with Crippen molar-refractivity contribution in [2.75, 3.05) is 19.6 Å². The van der Waals surface area contributed by atoms with Crippen LogP contribution in [0.5, 0.6) is 0 Å². The van der Waals surface area contributed by atoms with Crippen LogP contribution in [-0.4, -0.2) is 34.8 Å². The van der Waals surface area contributed by atoms with Crippen LogP contribution in [0.3, 0.4) is 0 Å². The molecule has 3 aliphatic heterocycles. The van der Waals surface area contributed by atoms with Gasteiger partial charge in [-0.1, -0.05) is 13.0 Å². The van der Waals surface area contributed by atoms with Crippen molar-refractivity contribution in [1.82, 2.24) is 9.30 Å². The Balaban J connectivity index is 0.00000157. The molecule has 6 rings (SSSR count). The van der Waals surface area contributed by atoms with Gasteiger partial charge in [0.25, 0.3) is 5.91 Å². The van der Waals surface area contributed by atoms with Gasteiger partial charge in [0, 0.05) is 31.5 Å². The lowest BCUT2D eigenvalue weighted by Gasteiger charge is -2.56. The molecule has 25 heavy (non-hydrogen) atoms. The van der Waals surface area contributed by atoms with E-state index < -0.39 is 0 Å². The molecule has 2 aromatic heterocycles. The van der Waals surface area contributed by atoms with Gasteiger partial charge in [-0.15, -0.1) is 12.4 Å². The van der Waals surface area contributed by atoms with E-state index in [1.165, 1.54) is 43.7 Å². The Morgan fingerprint density at radius 3 is 2.52 bits per heavy atom. The Morgan fingerprint density at radius 2 is 1.92 bits per heavy atom. The number of rotatable bonds is 3. The molecule has 0 spiro atoms. The molecule has 2 N–H and O–H groups in total. The van der Waals surface area contributed by atoms with E-state index in [1.807, 2.05) is 18.2 Å². The molecule has 1 unspecified atom stereocenters. The minimum atomic E-state index is -0.262. The van der Waals surface area contributed by atoms with Crippen LogP contribution in [0.15, 0.2) is 24.4 Å². The van der Waals surface area contributed by atoms with Crippen molar-refractivity contribution >= 4 is 23.8 Å². The number of carbonyl (C=O) groups is 1. The molecular formula is C20H26ClN3O. The predicted molar refractivity (Wildman–Crippen MR) is 101 cm³/mol. The number of primary amides is 1. The maximum Gasteiger partial charge on any atom is 0.251 e. The molecule has 1 aliphatic carbocycles. The van der Waals surface area contributed by atoms with E-state index >= 15 is 0 Å². The fraction of sp³-hybridized carbons (Fsp3) is 0.550. The summed E-state index contributed by atoms with van der Waals surface area (Å²) in [7, 11) is 0. The van der Waals surface area contributed by atoms with Gasteiger partial charge in [-0.3, -0.25) is 4.79 Å². The van der Waals surface area contributed by atoms with E-state index in [9.17, 15) is 4.79 Å². The lowest BCUT2D eigenvalue weighted by atomic mass is 9.59. The van der Waals surface area contributed by atoms with E-state index in [2.05, 4.69) is 22.4 Å². The Kier molecular flexibility index (Phi) is 4.08. The molecule has 2 aromatic rings. The topological polar surface area (TPSA) is 50.7 Å². The normalized spacial score (nSPS) is 32.8. The van der Waals surface area contributed by atoms with Crippen molar-refractivity contribution in [1.29, 1.82) is 0 Å². The van der Waals surface area contributed by atoms with Gasteiger partial charge in [0.1, 0.15) is 0 Å². The van der Waals surface area contributed by atoms with Crippen molar-refractivity contribution in [2.24, 2.45) is 23.5 Å². The van der Waals surface area contributed by atoms with Gasteiger partial charge in [0.15, 0.2) is 0 Å². The molecule has 1 amide bonds. The van der Waals surface area contributed by atoms with Gasteiger partial charge >= 0.3 is 0 Å². The lowest BCUT2D eigenvalue weighted by Crippen LogP contribution is -2.57. The number of nitrogens with two attached hydrogens (primary N) is 1. The Bertz CT molecular complexity index is 800. The van der Waals surface area contributed by atoms with Crippen LogP contribution in [0.4, 0.5) is 0 Å². The maximum atomic E-state index is 12.4. The molecule has 5 heterocycles. The number of nitrogens with zero attached hydrogens (tertiary/aromatic N) is 2. The van der Waals surface area contributed by atoms with Crippen molar-refractivity contribution in [3.8, 4) is 0 Å². The van der Waals surface area contributed by atoms with Crippen LogP contribution in [0.1, 0.15) is 47.3 Å². The highest BCUT2D eigenvalue weighted by Gasteiger charge is 2.49. The molecule has 0 radical (unpaired) electrons. The second-order valence-electron chi connectivity index (χ2n) is 8.01. The Hall–Kier alpha value is -1.52. The number of hydrogen-bond acceptors (Lipinski definition) is 2. The van der Waals surface area contributed by atoms with Crippen molar-refractivity contribution < 1.29 is 4.79 Å². The largest absolute Gasteiger partial charge is 0.366 e. The minimum Gasteiger partial charge on any atom is -0.366 e. The number of aryl methyl sites for hydroxylation is 1. The third kappa shape index (κ3) is 2.34. The minimum absolute atomic E-state index is 0. The highest BCUT2D eigenvalue weighted by Crippen LogP contribution is 2.53. The molecule has 5 heteroatoms. The maximum absolute atomic E-state index is 12.4. The zero-order valence-corrected chi connectivity index (χ0v) is 15.5. The fourth-order valence-electron chi connectivity index (χ4n) is 6.15. The second-order valence-corrected chi connectivity index (χ2v) is 8.01. The van der Waals surface area contributed by atoms with E-state index in [4.69, 9.17) is 5.73 Å². The summed E-state index contributed by atoms with van der Waals surface area (Å²) < 4.78 is 2.21. The lowest BCUT2D eigenvalue weighted by molar-refractivity contribution is -0.0360. The zero-order chi connectivity index (χ0) is 16.4. The molecule has 1 saturated carbocycles. The van der Waals surface area contributed by atoms with E-state index in [-0.39, 0.29) is 18.3 Å². The van der Waals surface area contributed by atoms with Crippen molar-refractivity contribution in [3.63, 3.8) is 0 Å². The quantitative estimate of drug-likeness (QED) is 0.915. The number of aromatic nitrogens is 1. The molecular weight excluding hydrogens is 334 g/mol. The summed E-state index contributed by atoms with van der Waals surface area (Å²) in [6.07, 6.45) is 5.68. The average molecular weight is 360 g/mol. The van der Waals surface area contributed by atoms with Crippen LogP contribution in [0, 0.1) is 17.8 Å². The highest BCUT2D eigenvalue weighted by molar-refractivity contribution is 6.02. The third-order valence-corrected chi connectivity index (χ3v) is 6.69. The summed E-state index contributed by atoms with van der Waals surface area (Å²) >= 11 is 0. The number of carbonyl (C=O) groups excluding carboxylic acids is 1. The highest BCUT2D eigenvalue weighted by atomic mass is 35.5. The van der Waals surface area contributed by atoms with Crippen molar-refractivity contribution in [3.05, 3.63) is 41.2 Å². The first-order chi connectivity index (χ1) is 11.7. The summed E-state index contributed by atoms with van der Waals surface area (Å²) in [6.45, 7) is 5.89. The van der Waals surface area contributed by atoms with Gasteiger partial charge in [-0.05, 0) is 60.6 Å². The molecule has 4 fully saturated rings. The van der Waals surface area contributed by atoms with Crippen LogP contribution in [-0.2, 0) is 6.42 Å². The Labute approximate surface area is 154 Å². The first kappa shape index (κ1) is 16.9. The van der Waals surface area contributed by atoms with Crippen molar-refractivity contribution in [2.45, 2.75) is 32.1 Å². The van der Waals surface area contributed by atoms with Crippen LogP contribution >= 0.6 is 12.4 Å².